The highest BCUT2D eigenvalue weighted by Crippen LogP contribution is 2.31. The maximum atomic E-state index is 12.3. The molecule has 0 aliphatic rings. The molecule has 0 spiro atoms. The topological polar surface area (TPSA) is 62.5 Å². The van der Waals surface area contributed by atoms with E-state index < -0.39 is 0 Å². The summed E-state index contributed by atoms with van der Waals surface area (Å²) < 4.78 is 5.48. The van der Waals surface area contributed by atoms with Crippen LogP contribution in [0.1, 0.15) is 21.7 Å². The smallest absolute Gasteiger partial charge is 0.255 e. The lowest BCUT2D eigenvalue weighted by Crippen LogP contribution is -2.11. The number of carbonyl (C=O) groups excluding carboxylic acids is 1. The van der Waals surface area contributed by atoms with Gasteiger partial charge in [0.1, 0.15) is 18.1 Å². The zero-order valence-corrected chi connectivity index (χ0v) is 13.8. The second-order valence-corrected chi connectivity index (χ2v) is 5.85. The number of anilines is 1. The Bertz CT molecular complexity index is 886. The Balaban J connectivity index is 1.80. The van der Waals surface area contributed by atoms with Crippen LogP contribution in [0.3, 0.4) is 0 Å². The van der Waals surface area contributed by atoms with Crippen molar-refractivity contribution in [2.45, 2.75) is 13.5 Å². The summed E-state index contributed by atoms with van der Waals surface area (Å²) in [4.78, 5) is 12.3. The summed E-state index contributed by atoms with van der Waals surface area (Å²) in [5.74, 6) is 0.849. The van der Waals surface area contributed by atoms with Crippen molar-refractivity contribution >= 4 is 23.2 Å². The van der Waals surface area contributed by atoms with Gasteiger partial charge in [0.05, 0.1) is 5.02 Å². The van der Waals surface area contributed by atoms with E-state index in [1.807, 2.05) is 25.1 Å². The normalized spacial score (nSPS) is 10.6. The minimum Gasteiger partial charge on any atom is -0.459 e. The van der Waals surface area contributed by atoms with Gasteiger partial charge in [-0.05, 0) is 49.4 Å². The molecule has 1 heterocycles. The predicted molar refractivity (Wildman–Crippen MR) is 94.2 cm³/mol. The van der Waals surface area contributed by atoms with E-state index in [4.69, 9.17) is 21.1 Å². The molecule has 0 fully saturated rings. The highest BCUT2D eigenvalue weighted by Gasteiger charge is 2.11. The number of hydrogen-bond acceptors (Lipinski definition) is 3. The third-order valence-electron chi connectivity index (χ3n) is 3.59. The molecule has 0 saturated heterocycles. The number of nitrogens with one attached hydrogen (secondary N) is 1. The number of aryl methyl sites for hydroxylation is 1. The molecule has 3 aromatic rings. The van der Waals surface area contributed by atoms with Crippen molar-refractivity contribution < 1.29 is 14.3 Å². The first kappa shape index (κ1) is 16.3. The first-order valence-corrected chi connectivity index (χ1v) is 7.82. The molecule has 0 atom stereocenters. The Kier molecular flexibility index (Phi) is 4.69. The average Bonchev–Trinajstić information content (AvgIpc) is 3.04. The third-order valence-corrected chi connectivity index (χ3v) is 3.90. The molecule has 24 heavy (non-hydrogen) atoms. The monoisotopic (exact) mass is 341 g/mol. The molecule has 0 unspecified atom stereocenters. The standard InChI is InChI=1S/C19H16ClNO3/c1-12-3-2-4-13(9-12)19(23)21-14-5-7-16(17(20)10-14)18-8-6-15(11-22)24-18/h2-10,22H,11H2,1H3,(H,21,23). The maximum Gasteiger partial charge on any atom is 0.255 e. The number of amides is 1. The molecule has 0 aliphatic carbocycles. The van der Waals surface area contributed by atoms with Crippen LogP contribution in [-0.4, -0.2) is 11.0 Å². The van der Waals surface area contributed by atoms with Gasteiger partial charge in [-0.2, -0.15) is 0 Å². The second kappa shape index (κ2) is 6.91. The van der Waals surface area contributed by atoms with E-state index in [0.717, 1.165) is 5.56 Å². The van der Waals surface area contributed by atoms with Crippen LogP contribution in [0.5, 0.6) is 0 Å². The van der Waals surface area contributed by atoms with Crippen molar-refractivity contribution in [2.75, 3.05) is 5.32 Å². The van der Waals surface area contributed by atoms with E-state index in [2.05, 4.69) is 5.32 Å². The van der Waals surface area contributed by atoms with E-state index in [1.54, 1.807) is 36.4 Å². The van der Waals surface area contributed by atoms with Crippen molar-refractivity contribution in [1.82, 2.24) is 0 Å². The highest BCUT2D eigenvalue weighted by atomic mass is 35.5. The van der Waals surface area contributed by atoms with Gasteiger partial charge in [-0.25, -0.2) is 0 Å². The number of hydrogen-bond donors (Lipinski definition) is 2. The highest BCUT2D eigenvalue weighted by molar-refractivity contribution is 6.33. The minimum absolute atomic E-state index is 0.164. The van der Waals surface area contributed by atoms with Crippen molar-refractivity contribution in [3.8, 4) is 11.3 Å². The fourth-order valence-corrected chi connectivity index (χ4v) is 2.66. The van der Waals surface area contributed by atoms with Crippen LogP contribution >= 0.6 is 11.6 Å². The van der Waals surface area contributed by atoms with Gasteiger partial charge in [0.25, 0.3) is 5.91 Å². The van der Waals surface area contributed by atoms with Gasteiger partial charge in [0.15, 0.2) is 0 Å². The van der Waals surface area contributed by atoms with E-state index in [0.29, 0.717) is 33.4 Å². The van der Waals surface area contributed by atoms with Gasteiger partial charge in [-0.1, -0.05) is 29.3 Å². The molecule has 0 radical (unpaired) electrons. The summed E-state index contributed by atoms with van der Waals surface area (Å²) in [5.41, 5.74) is 2.91. The zero-order chi connectivity index (χ0) is 17.1. The molecular weight excluding hydrogens is 326 g/mol. The van der Waals surface area contributed by atoms with E-state index in [-0.39, 0.29) is 12.5 Å². The fourth-order valence-electron chi connectivity index (χ4n) is 2.39. The van der Waals surface area contributed by atoms with Crippen molar-refractivity contribution in [3.63, 3.8) is 0 Å². The minimum atomic E-state index is -0.192. The zero-order valence-electron chi connectivity index (χ0n) is 13.0. The van der Waals surface area contributed by atoms with Crippen LogP contribution < -0.4 is 5.32 Å². The molecule has 0 bridgehead atoms. The Morgan fingerprint density at radius 1 is 1.17 bits per heavy atom. The molecule has 2 aromatic carbocycles. The lowest BCUT2D eigenvalue weighted by atomic mass is 10.1. The van der Waals surface area contributed by atoms with Crippen molar-refractivity contribution in [3.05, 3.63) is 76.5 Å². The van der Waals surface area contributed by atoms with Crippen LogP contribution in [0, 0.1) is 6.92 Å². The second-order valence-electron chi connectivity index (χ2n) is 5.44. The lowest BCUT2D eigenvalue weighted by molar-refractivity contribution is 0.102. The number of furan rings is 1. The number of benzene rings is 2. The van der Waals surface area contributed by atoms with Crippen molar-refractivity contribution in [2.24, 2.45) is 0 Å². The quantitative estimate of drug-likeness (QED) is 0.725. The van der Waals surface area contributed by atoms with Gasteiger partial charge < -0.3 is 14.8 Å². The summed E-state index contributed by atoms with van der Waals surface area (Å²) in [6.45, 7) is 1.77. The number of aliphatic hydroxyl groups is 1. The molecule has 0 aliphatic heterocycles. The number of halogens is 1. The number of aliphatic hydroxyl groups excluding tert-OH is 1. The molecule has 122 valence electrons. The maximum absolute atomic E-state index is 12.3. The summed E-state index contributed by atoms with van der Waals surface area (Å²) in [6, 6.07) is 16.0. The summed E-state index contributed by atoms with van der Waals surface area (Å²) in [6.07, 6.45) is 0. The van der Waals surface area contributed by atoms with Crippen molar-refractivity contribution in [1.29, 1.82) is 0 Å². The van der Waals surface area contributed by atoms with Crippen LogP contribution in [0.2, 0.25) is 5.02 Å². The molecule has 0 saturated carbocycles. The summed E-state index contributed by atoms with van der Waals surface area (Å²) in [5, 5.41) is 12.3. The molecule has 4 nitrogen and oxygen atoms in total. The van der Waals surface area contributed by atoms with Crippen LogP contribution in [0.15, 0.2) is 59.0 Å². The third kappa shape index (κ3) is 3.50. The predicted octanol–water partition coefficient (Wildman–Crippen LogP) is 4.65. The lowest BCUT2D eigenvalue weighted by Gasteiger charge is -2.08. The van der Waals surface area contributed by atoms with E-state index in [9.17, 15) is 4.79 Å². The largest absolute Gasteiger partial charge is 0.459 e. The molecule has 1 amide bonds. The van der Waals surface area contributed by atoms with E-state index >= 15 is 0 Å². The van der Waals surface area contributed by atoms with Gasteiger partial charge in [-0.15, -0.1) is 0 Å². The van der Waals surface area contributed by atoms with E-state index in [1.165, 1.54) is 0 Å². The summed E-state index contributed by atoms with van der Waals surface area (Å²) >= 11 is 6.30. The van der Waals surface area contributed by atoms with Crippen LogP contribution in [0.25, 0.3) is 11.3 Å². The Morgan fingerprint density at radius 3 is 2.67 bits per heavy atom. The first-order chi connectivity index (χ1) is 11.6. The van der Waals surface area contributed by atoms with Gasteiger partial charge in [0.2, 0.25) is 0 Å². The Hall–Kier alpha value is -2.56. The van der Waals surface area contributed by atoms with Gasteiger partial charge in [0, 0.05) is 16.8 Å². The average molecular weight is 342 g/mol. The number of carbonyl (C=O) groups is 1. The van der Waals surface area contributed by atoms with Gasteiger partial charge in [-0.3, -0.25) is 4.79 Å². The Morgan fingerprint density at radius 2 is 2.00 bits per heavy atom. The molecular formula is C19H16ClNO3. The van der Waals surface area contributed by atoms with Crippen LogP contribution in [0.4, 0.5) is 5.69 Å². The SMILES string of the molecule is Cc1cccc(C(=O)Nc2ccc(-c3ccc(CO)o3)c(Cl)c2)c1. The molecule has 1 aromatic heterocycles. The molecule has 2 N–H and O–H groups in total. The summed E-state index contributed by atoms with van der Waals surface area (Å²) in [7, 11) is 0. The Labute approximate surface area is 144 Å². The molecule has 3 rings (SSSR count). The number of rotatable bonds is 4. The van der Waals surface area contributed by atoms with Crippen LogP contribution in [-0.2, 0) is 6.61 Å². The van der Waals surface area contributed by atoms with Gasteiger partial charge >= 0.3 is 0 Å². The molecule has 5 heteroatoms. The first-order valence-electron chi connectivity index (χ1n) is 7.44. The fraction of sp³-hybridized carbons (Fsp3) is 0.105.